The molecule has 1 rings (SSSR count). The van der Waals surface area contributed by atoms with Crippen LogP contribution in [0.4, 0.5) is 9.59 Å². The van der Waals surface area contributed by atoms with Crippen LogP contribution in [-0.2, 0) is 4.74 Å². The molecule has 2 amide bonds. The van der Waals surface area contributed by atoms with E-state index in [0.29, 0.717) is 0 Å². The Balaban J connectivity index is 2.45. The van der Waals surface area contributed by atoms with E-state index in [2.05, 4.69) is 5.32 Å². The van der Waals surface area contributed by atoms with Crippen LogP contribution >= 0.6 is 0 Å². The summed E-state index contributed by atoms with van der Waals surface area (Å²) in [5.74, 6) is 0. The van der Waals surface area contributed by atoms with Crippen molar-refractivity contribution in [2.24, 2.45) is 0 Å². The Morgan fingerprint density at radius 3 is 2.32 bits per heavy atom. The van der Waals surface area contributed by atoms with E-state index >= 15 is 0 Å². The highest BCUT2D eigenvalue weighted by atomic mass is 16.6. The summed E-state index contributed by atoms with van der Waals surface area (Å²) < 4.78 is 5.09. The number of rotatable bonds is 3. The molecule has 0 radical (unpaired) electrons. The molecule has 19 heavy (non-hydrogen) atoms. The van der Waals surface area contributed by atoms with Crippen LogP contribution in [0.25, 0.3) is 0 Å². The Kier molecular flexibility index (Phi) is 5.44. The number of alkyl carbamates (subject to hydrolysis) is 1. The molecule has 0 spiro atoms. The number of carbonyl (C=O) groups is 2. The van der Waals surface area contributed by atoms with Gasteiger partial charge in [0.1, 0.15) is 5.60 Å². The summed E-state index contributed by atoms with van der Waals surface area (Å²) >= 11 is 0. The smallest absolute Gasteiger partial charge is 0.409 e. The van der Waals surface area contributed by atoms with Crippen LogP contribution in [-0.4, -0.2) is 40.5 Å². The van der Waals surface area contributed by atoms with Gasteiger partial charge in [-0.05, 0) is 33.6 Å². The summed E-state index contributed by atoms with van der Waals surface area (Å²) in [6.45, 7) is 5.28. The first kappa shape index (κ1) is 15.6. The molecule has 110 valence electrons. The summed E-state index contributed by atoms with van der Waals surface area (Å²) in [6.07, 6.45) is 3.38. The molecule has 0 heterocycles. The van der Waals surface area contributed by atoms with Crippen molar-refractivity contribution in [2.75, 3.05) is 6.67 Å². The molecule has 0 aliphatic heterocycles. The topological polar surface area (TPSA) is 78.9 Å². The van der Waals surface area contributed by atoms with Gasteiger partial charge in [0.2, 0.25) is 0 Å². The van der Waals surface area contributed by atoms with E-state index in [-0.39, 0.29) is 12.7 Å². The lowest BCUT2D eigenvalue weighted by Gasteiger charge is -2.32. The van der Waals surface area contributed by atoms with Crippen LogP contribution in [0.5, 0.6) is 0 Å². The fraction of sp³-hybridized carbons (Fsp3) is 0.846. The molecule has 0 atom stereocenters. The Hall–Kier alpha value is -1.46. The third-order valence-electron chi connectivity index (χ3n) is 3.05. The van der Waals surface area contributed by atoms with Gasteiger partial charge >= 0.3 is 12.2 Å². The van der Waals surface area contributed by atoms with Gasteiger partial charge in [-0.3, -0.25) is 4.90 Å². The van der Waals surface area contributed by atoms with Crippen molar-refractivity contribution in [2.45, 2.75) is 64.5 Å². The Bertz CT molecular complexity index is 319. The van der Waals surface area contributed by atoms with Gasteiger partial charge < -0.3 is 15.2 Å². The Labute approximate surface area is 114 Å². The van der Waals surface area contributed by atoms with Crippen molar-refractivity contribution in [3.8, 4) is 0 Å². The quantitative estimate of drug-likeness (QED) is 0.774. The predicted molar refractivity (Wildman–Crippen MR) is 71.0 cm³/mol. The second-order valence-corrected chi connectivity index (χ2v) is 5.88. The number of carboxylic acid groups (broad SMARTS) is 1. The second-order valence-electron chi connectivity index (χ2n) is 5.88. The van der Waals surface area contributed by atoms with Crippen LogP contribution in [0, 0.1) is 0 Å². The lowest BCUT2D eigenvalue weighted by atomic mass is 9.95. The molecule has 0 aromatic rings. The number of nitrogens with one attached hydrogen (secondary N) is 1. The maximum Gasteiger partial charge on any atom is 0.409 e. The molecule has 0 bridgehead atoms. The van der Waals surface area contributed by atoms with Crippen LogP contribution in [0.3, 0.4) is 0 Å². The van der Waals surface area contributed by atoms with E-state index in [9.17, 15) is 14.7 Å². The predicted octanol–water partition coefficient (Wildman–Crippen LogP) is 2.78. The minimum atomic E-state index is -0.997. The molecule has 6 heteroatoms. The molecule has 0 saturated heterocycles. The monoisotopic (exact) mass is 272 g/mol. The fourth-order valence-electron chi connectivity index (χ4n) is 2.21. The summed E-state index contributed by atoms with van der Waals surface area (Å²) in [5.41, 5.74) is -0.580. The third kappa shape index (κ3) is 5.81. The van der Waals surface area contributed by atoms with Crippen LogP contribution in [0.1, 0.15) is 52.9 Å². The maximum absolute atomic E-state index is 11.5. The van der Waals surface area contributed by atoms with Crippen molar-refractivity contribution in [3.05, 3.63) is 0 Å². The Morgan fingerprint density at radius 2 is 1.84 bits per heavy atom. The van der Waals surface area contributed by atoms with Gasteiger partial charge in [0.05, 0.1) is 6.67 Å². The third-order valence-corrected chi connectivity index (χ3v) is 3.05. The molecule has 2 N–H and O–H groups in total. The van der Waals surface area contributed by atoms with E-state index < -0.39 is 17.8 Å². The van der Waals surface area contributed by atoms with Gasteiger partial charge in [-0.1, -0.05) is 19.3 Å². The minimum Gasteiger partial charge on any atom is -0.465 e. The van der Waals surface area contributed by atoms with Crippen LogP contribution < -0.4 is 5.32 Å². The first-order chi connectivity index (χ1) is 8.79. The molecule has 1 fully saturated rings. The number of nitrogens with zero attached hydrogens (tertiary/aromatic N) is 1. The first-order valence-electron chi connectivity index (χ1n) is 6.76. The fourth-order valence-corrected chi connectivity index (χ4v) is 2.21. The lowest BCUT2D eigenvalue weighted by molar-refractivity contribution is 0.0465. The van der Waals surface area contributed by atoms with Gasteiger partial charge in [0.15, 0.2) is 0 Å². The lowest BCUT2D eigenvalue weighted by Crippen LogP contribution is -2.48. The zero-order valence-electron chi connectivity index (χ0n) is 11.9. The molecular weight excluding hydrogens is 248 g/mol. The van der Waals surface area contributed by atoms with Crippen molar-refractivity contribution in [1.29, 1.82) is 0 Å². The summed E-state index contributed by atoms with van der Waals surface area (Å²) in [7, 11) is 0. The molecular formula is C13H24N2O4. The van der Waals surface area contributed by atoms with Gasteiger partial charge in [-0.2, -0.15) is 0 Å². The van der Waals surface area contributed by atoms with E-state index in [4.69, 9.17) is 4.74 Å². The van der Waals surface area contributed by atoms with E-state index in [0.717, 1.165) is 32.1 Å². The normalized spacial score (nSPS) is 16.8. The Morgan fingerprint density at radius 1 is 1.26 bits per heavy atom. The summed E-state index contributed by atoms with van der Waals surface area (Å²) in [4.78, 5) is 24.0. The standard InChI is InChI=1S/C13H24N2O4/c1-13(2,3)19-11(16)14-9-15(12(17)18)10-7-5-4-6-8-10/h10H,4-9H2,1-3H3,(H,14,16)(H,17,18). The molecule has 1 saturated carbocycles. The molecule has 0 aromatic carbocycles. The largest absolute Gasteiger partial charge is 0.465 e. The zero-order chi connectivity index (χ0) is 14.5. The minimum absolute atomic E-state index is 0.00110. The summed E-state index contributed by atoms with van der Waals surface area (Å²) in [6, 6.07) is 0.00110. The molecule has 1 aliphatic carbocycles. The SMILES string of the molecule is CC(C)(C)OC(=O)NCN(C(=O)O)C1CCCCC1. The van der Waals surface area contributed by atoms with Gasteiger partial charge in [-0.25, -0.2) is 9.59 Å². The van der Waals surface area contributed by atoms with Gasteiger partial charge in [0.25, 0.3) is 0 Å². The van der Waals surface area contributed by atoms with Crippen LogP contribution in [0.15, 0.2) is 0 Å². The van der Waals surface area contributed by atoms with E-state index in [1.807, 2.05) is 0 Å². The highest BCUT2D eigenvalue weighted by molar-refractivity contribution is 5.69. The number of carbonyl (C=O) groups excluding carboxylic acids is 1. The van der Waals surface area contributed by atoms with Crippen molar-refractivity contribution < 1.29 is 19.4 Å². The highest BCUT2D eigenvalue weighted by Gasteiger charge is 2.26. The van der Waals surface area contributed by atoms with Crippen molar-refractivity contribution in [3.63, 3.8) is 0 Å². The van der Waals surface area contributed by atoms with Gasteiger partial charge in [-0.15, -0.1) is 0 Å². The average Bonchev–Trinajstić information content (AvgIpc) is 2.27. The maximum atomic E-state index is 11.5. The van der Waals surface area contributed by atoms with E-state index in [1.165, 1.54) is 4.90 Å². The number of hydrogen-bond acceptors (Lipinski definition) is 3. The van der Waals surface area contributed by atoms with Crippen molar-refractivity contribution >= 4 is 12.2 Å². The zero-order valence-corrected chi connectivity index (χ0v) is 11.9. The molecule has 0 aromatic heterocycles. The number of amides is 2. The average molecular weight is 272 g/mol. The number of ether oxygens (including phenoxy) is 1. The summed E-state index contributed by atoms with van der Waals surface area (Å²) in [5, 5.41) is 11.7. The first-order valence-corrected chi connectivity index (χ1v) is 6.76. The van der Waals surface area contributed by atoms with Crippen LogP contribution in [0.2, 0.25) is 0 Å². The molecule has 6 nitrogen and oxygen atoms in total. The molecule has 1 aliphatic rings. The molecule has 0 unspecified atom stereocenters. The van der Waals surface area contributed by atoms with Crippen molar-refractivity contribution in [1.82, 2.24) is 10.2 Å². The number of hydrogen-bond donors (Lipinski definition) is 2. The highest BCUT2D eigenvalue weighted by Crippen LogP contribution is 2.22. The van der Waals surface area contributed by atoms with E-state index in [1.54, 1.807) is 20.8 Å². The second kappa shape index (κ2) is 6.63. The van der Waals surface area contributed by atoms with Gasteiger partial charge in [0, 0.05) is 6.04 Å².